The van der Waals surface area contributed by atoms with E-state index in [0.29, 0.717) is 0 Å². The fraction of sp³-hybridized carbons (Fsp3) is 0.300. The molecule has 1 N–H and O–H groups in total. The number of alkyl carbamates (subject to hydrolysis) is 1. The highest BCUT2D eigenvalue weighted by molar-refractivity contribution is 6.31. The Morgan fingerprint density at radius 2 is 2.12 bits per heavy atom. The molecule has 1 heterocycles. The van der Waals surface area contributed by atoms with Crippen LogP contribution in [0.2, 0.25) is 5.02 Å². The Kier molecular flexibility index (Phi) is 2.91. The van der Waals surface area contributed by atoms with E-state index in [1.54, 1.807) is 0 Å². The van der Waals surface area contributed by atoms with Gasteiger partial charge in [0.2, 0.25) is 0 Å². The third-order valence-electron chi connectivity index (χ3n) is 2.35. The lowest BCUT2D eigenvalue weighted by atomic mass is 10.1. The van der Waals surface area contributed by atoms with Gasteiger partial charge in [-0.05, 0) is 18.2 Å². The largest absolute Gasteiger partial charge is 0.439 e. The lowest BCUT2D eigenvalue weighted by Gasteiger charge is -2.13. The van der Waals surface area contributed by atoms with Gasteiger partial charge in [-0.25, -0.2) is 4.79 Å². The van der Waals surface area contributed by atoms with Crippen LogP contribution in [0.5, 0.6) is 0 Å². The van der Waals surface area contributed by atoms with Crippen LogP contribution in [0.1, 0.15) is 17.2 Å². The van der Waals surface area contributed by atoms with Gasteiger partial charge in [0, 0.05) is 10.6 Å². The molecule has 1 aromatic carbocycles. The second-order valence-electron chi connectivity index (χ2n) is 3.51. The topological polar surface area (TPSA) is 38.3 Å². The molecule has 0 saturated carbocycles. The first-order chi connectivity index (χ1) is 7.88. The van der Waals surface area contributed by atoms with E-state index in [1.165, 1.54) is 0 Å². The molecule has 1 aliphatic heterocycles. The zero-order valence-electron chi connectivity index (χ0n) is 8.34. The Morgan fingerprint density at radius 1 is 1.41 bits per heavy atom. The van der Waals surface area contributed by atoms with Crippen LogP contribution in [-0.2, 0) is 10.9 Å². The maximum absolute atomic E-state index is 12.5. The summed E-state index contributed by atoms with van der Waals surface area (Å²) in [6.45, 7) is 0.111. The van der Waals surface area contributed by atoms with E-state index in [4.69, 9.17) is 16.3 Å². The summed E-state index contributed by atoms with van der Waals surface area (Å²) in [4.78, 5) is 10.8. The predicted octanol–water partition coefficient (Wildman–Crippen LogP) is 3.14. The van der Waals surface area contributed by atoms with Gasteiger partial charge >= 0.3 is 12.3 Å². The maximum atomic E-state index is 12.5. The number of hydrogen-bond acceptors (Lipinski definition) is 2. The minimum atomic E-state index is -4.45. The molecule has 1 unspecified atom stereocenters. The molecule has 2 rings (SSSR count). The van der Waals surface area contributed by atoms with Crippen LogP contribution < -0.4 is 5.32 Å². The van der Waals surface area contributed by atoms with E-state index in [0.717, 1.165) is 18.2 Å². The van der Waals surface area contributed by atoms with E-state index in [1.807, 2.05) is 0 Å². The average molecular weight is 266 g/mol. The first-order valence-electron chi connectivity index (χ1n) is 4.69. The molecule has 1 aromatic rings. The molecule has 1 saturated heterocycles. The SMILES string of the molecule is O=C1NCC(c2cc(C(F)(F)F)ccc2Cl)O1. The van der Waals surface area contributed by atoms with Crippen molar-refractivity contribution in [1.29, 1.82) is 0 Å². The number of ether oxygens (including phenoxy) is 1. The average Bonchev–Trinajstić information content (AvgIpc) is 2.63. The van der Waals surface area contributed by atoms with E-state index in [9.17, 15) is 18.0 Å². The lowest BCUT2D eigenvalue weighted by molar-refractivity contribution is -0.137. The van der Waals surface area contributed by atoms with Crippen molar-refractivity contribution in [3.63, 3.8) is 0 Å². The van der Waals surface area contributed by atoms with Crippen LogP contribution in [0, 0.1) is 0 Å². The fourth-order valence-electron chi connectivity index (χ4n) is 1.53. The number of alkyl halides is 3. The van der Waals surface area contributed by atoms with Crippen molar-refractivity contribution >= 4 is 17.7 Å². The molecule has 7 heteroatoms. The number of hydrogen-bond donors (Lipinski definition) is 1. The van der Waals surface area contributed by atoms with Crippen LogP contribution in [-0.4, -0.2) is 12.6 Å². The Balaban J connectivity index is 2.36. The van der Waals surface area contributed by atoms with Crippen molar-refractivity contribution in [2.24, 2.45) is 0 Å². The number of halogens is 4. The third kappa shape index (κ3) is 2.46. The molecule has 0 spiro atoms. The zero-order valence-corrected chi connectivity index (χ0v) is 9.10. The van der Waals surface area contributed by atoms with Crippen molar-refractivity contribution in [1.82, 2.24) is 5.32 Å². The minimum Gasteiger partial charge on any atom is -0.439 e. The van der Waals surface area contributed by atoms with Crippen LogP contribution in [0.3, 0.4) is 0 Å². The molecule has 1 amide bonds. The standard InChI is InChI=1S/C10H7ClF3NO2/c11-7-2-1-5(10(12,13)14)3-6(7)8-4-15-9(16)17-8/h1-3,8H,4H2,(H,15,16). The molecule has 3 nitrogen and oxygen atoms in total. The molecule has 0 radical (unpaired) electrons. The first kappa shape index (κ1) is 12.0. The van der Waals surface area contributed by atoms with Gasteiger partial charge in [0.05, 0.1) is 12.1 Å². The molecule has 0 aromatic heterocycles. The first-order valence-corrected chi connectivity index (χ1v) is 5.07. The van der Waals surface area contributed by atoms with E-state index in [2.05, 4.69) is 5.32 Å². The molecule has 0 aliphatic carbocycles. The summed E-state index contributed by atoms with van der Waals surface area (Å²) in [6, 6.07) is 2.93. The monoisotopic (exact) mass is 265 g/mol. The Bertz CT molecular complexity index is 461. The number of carbonyl (C=O) groups is 1. The molecular weight excluding hydrogens is 259 g/mol. The Morgan fingerprint density at radius 3 is 2.65 bits per heavy atom. The zero-order chi connectivity index (χ0) is 12.6. The van der Waals surface area contributed by atoms with Gasteiger partial charge in [-0.15, -0.1) is 0 Å². The molecule has 0 bridgehead atoms. The van der Waals surface area contributed by atoms with Gasteiger partial charge in [0.15, 0.2) is 0 Å². The summed E-state index contributed by atoms with van der Waals surface area (Å²) < 4.78 is 42.3. The predicted molar refractivity (Wildman–Crippen MR) is 53.7 cm³/mol. The summed E-state index contributed by atoms with van der Waals surface area (Å²) in [7, 11) is 0. The van der Waals surface area contributed by atoms with Crippen LogP contribution in [0.4, 0.5) is 18.0 Å². The highest BCUT2D eigenvalue weighted by Crippen LogP contribution is 2.35. The maximum Gasteiger partial charge on any atom is 0.416 e. The third-order valence-corrected chi connectivity index (χ3v) is 2.70. The van der Waals surface area contributed by atoms with Gasteiger partial charge in [0.1, 0.15) is 6.10 Å². The molecular formula is C10H7ClF3NO2. The van der Waals surface area contributed by atoms with Crippen molar-refractivity contribution < 1.29 is 22.7 Å². The summed E-state index contributed by atoms with van der Waals surface area (Å²) >= 11 is 5.79. The van der Waals surface area contributed by atoms with E-state index < -0.39 is 23.9 Å². The lowest BCUT2D eigenvalue weighted by Crippen LogP contribution is -2.12. The van der Waals surface area contributed by atoms with Crippen molar-refractivity contribution in [2.45, 2.75) is 12.3 Å². The van der Waals surface area contributed by atoms with Crippen LogP contribution >= 0.6 is 11.6 Å². The number of rotatable bonds is 1. The van der Waals surface area contributed by atoms with Crippen molar-refractivity contribution in [3.05, 3.63) is 34.3 Å². The van der Waals surface area contributed by atoms with E-state index >= 15 is 0 Å². The van der Waals surface area contributed by atoms with Crippen LogP contribution in [0.15, 0.2) is 18.2 Å². The molecule has 92 valence electrons. The number of carbonyl (C=O) groups excluding carboxylic acids is 1. The van der Waals surface area contributed by atoms with Gasteiger partial charge < -0.3 is 10.1 Å². The van der Waals surface area contributed by atoms with Gasteiger partial charge in [-0.1, -0.05) is 11.6 Å². The molecule has 1 atom stereocenters. The summed E-state index contributed by atoms with van der Waals surface area (Å²) in [5, 5.41) is 2.49. The summed E-state index contributed by atoms with van der Waals surface area (Å²) in [6.07, 6.45) is -5.89. The molecule has 17 heavy (non-hydrogen) atoms. The normalized spacial score (nSPS) is 20.0. The van der Waals surface area contributed by atoms with E-state index in [-0.39, 0.29) is 17.1 Å². The highest BCUT2D eigenvalue weighted by Gasteiger charge is 2.33. The Labute approximate surface area is 99.5 Å². The quantitative estimate of drug-likeness (QED) is 0.847. The second-order valence-corrected chi connectivity index (χ2v) is 3.92. The van der Waals surface area contributed by atoms with Crippen molar-refractivity contribution in [2.75, 3.05) is 6.54 Å². The molecule has 1 fully saturated rings. The van der Waals surface area contributed by atoms with Gasteiger partial charge in [-0.2, -0.15) is 13.2 Å². The smallest absolute Gasteiger partial charge is 0.416 e. The van der Waals surface area contributed by atoms with Gasteiger partial charge in [-0.3, -0.25) is 0 Å². The number of benzene rings is 1. The minimum absolute atomic E-state index is 0.111. The Hall–Kier alpha value is -1.43. The number of cyclic esters (lactones) is 1. The fourth-order valence-corrected chi connectivity index (χ4v) is 1.77. The van der Waals surface area contributed by atoms with Crippen LogP contribution in [0.25, 0.3) is 0 Å². The summed E-state index contributed by atoms with van der Waals surface area (Å²) in [5.41, 5.74) is -0.667. The number of nitrogens with one attached hydrogen (secondary N) is 1. The van der Waals surface area contributed by atoms with Crippen molar-refractivity contribution in [3.8, 4) is 0 Å². The highest BCUT2D eigenvalue weighted by atomic mass is 35.5. The second kappa shape index (κ2) is 4.10. The molecule has 1 aliphatic rings. The number of amides is 1. The summed E-state index contributed by atoms with van der Waals surface area (Å²) in [5.74, 6) is 0. The van der Waals surface area contributed by atoms with Gasteiger partial charge in [0.25, 0.3) is 0 Å².